The lowest BCUT2D eigenvalue weighted by atomic mass is 10.0. The Bertz CT molecular complexity index is 487. The molecule has 0 aliphatic carbocycles. The molecule has 0 spiro atoms. The van der Waals surface area contributed by atoms with E-state index < -0.39 is 0 Å². The van der Waals surface area contributed by atoms with Gasteiger partial charge in [-0.2, -0.15) is 0 Å². The first-order chi connectivity index (χ1) is 7.24. The Morgan fingerprint density at radius 3 is 3.00 bits per heavy atom. The third kappa shape index (κ3) is 1.61. The molecule has 0 aliphatic rings. The summed E-state index contributed by atoms with van der Waals surface area (Å²) in [5.74, 6) is 0. The summed E-state index contributed by atoms with van der Waals surface area (Å²) in [7, 11) is 0. The molecule has 2 aromatic rings. The van der Waals surface area contributed by atoms with Gasteiger partial charge in [0.05, 0.1) is 0 Å². The number of fused-ring (bicyclic) bond motifs is 1. The molecule has 0 fully saturated rings. The van der Waals surface area contributed by atoms with Crippen molar-refractivity contribution in [2.75, 3.05) is 0 Å². The van der Waals surface area contributed by atoms with E-state index in [1.54, 1.807) is 0 Å². The van der Waals surface area contributed by atoms with Crippen molar-refractivity contribution in [3.05, 3.63) is 35.5 Å². The van der Waals surface area contributed by atoms with Gasteiger partial charge in [-0.1, -0.05) is 12.1 Å². The molecule has 0 bridgehead atoms. The van der Waals surface area contributed by atoms with Gasteiger partial charge in [0.25, 0.3) is 6.47 Å². The maximum absolute atomic E-state index is 10.3. The zero-order valence-corrected chi connectivity index (χ0v) is 8.78. The van der Waals surface area contributed by atoms with E-state index in [9.17, 15) is 4.79 Å². The molecule has 1 heterocycles. The van der Waals surface area contributed by atoms with Crippen molar-refractivity contribution in [2.45, 2.75) is 20.0 Å². The van der Waals surface area contributed by atoms with Crippen molar-refractivity contribution >= 4 is 17.4 Å². The van der Waals surface area contributed by atoms with Crippen LogP contribution in [0.2, 0.25) is 0 Å². The van der Waals surface area contributed by atoms with E-state index >= 15 is 0 Å². The summed E-state index contributed by atoms with van der Waals surface area (Å²) in [6, 6.07) is 6.07. The van der Waals surface area contributed by atoms with Gasteiger partial charge in [0.2, 0.25) is 0 Å². The first-order valence-electron chi connectivity index (χ1n) is 4.89. The second-order valence-electron chi connectivity index (χ2n) is 3.62. The molecule has 0 saturated carbocycles. The van der Waals surface area contributed by atoms with Crippen LogP contribution in [0, 0.1) is 6.92 Å². The van der Waals surface area contributed by atoms with Crippen molar-refractivity contribution in [1.82, 2.24) is 4.98 Å². The van der Waals surface area contributed by atoms with Crippen LogP contribution < -0.4 is 0 Å². The minimum atomic E-state index is -0.211. The second-order valence-corrected chi connectivity index (χ2v) is 3.62. The molecule has 15 heavy (non-hydrogen) atoms. The smallest absolute Gasteiger partial charge is 0.293 e. The number of nitrogens with one attached hydrogen (secondary N) is 1. The normalized spacial score (nSPS) is 12.7. The van der Waals surface area contributed by atoms with E-state index in [4.69, 9.17) is 4.74 Å². The van der Waals surface area contributed by atoms with Crippen molar-refractivity contribution < 1.29 is 9.53 Å². The Balaban J connectivity index is 2.56. The fourth-order valence-electron chi connectivity index (χ4n) is 1.88. The maximum atomic E-state index is 10.3. The van der Waals surface area contributed by atoms with E-state index in [1.807, 2.05) is 38.2 Å². The summed E-state index contributed by atoms with van der Waals surface area (Å²) >= 11 is 0. The van der Waals surface area contributed by atoms with Crippen LogP contribution in [0.5, 0.6) is 0 Å². The quantitative estimate of drug-likeness (QED) is 0.779. The number of hydrogen-bond acceptors (Lipinski definition) is 2. The second kappa shape index (κ2) is 3.77. The standard InChI is InChI=1S/C12H13NO2/c1-8-4-3-5-11-12(8)10(6-13-11)9(2)15-7-14/h3-7,9,13H,1-2H3. The minimum absolute atomic E-state index is 0.211. The van der Waals surface area contributed by atoms with Crippen molar-refractivity contribution in [3.8, 4) is 0 Å². The molecule has 78 valence electrons. The number of benzene rings is 1. The average molecular weight is 203 g/mol. The Morgan fingerprint density at radius 1 is 1.47 bits per heavy atom. The molecule has 0 aliphatic heterocycles. The molecule has 0 saturated heterocycles. The zero-order valence-electron chi connectivity index (χ0n) is 8.78. The molecule has 1 N–H and O–H groups in total. The summed E-state index contributed by atoms with van der Waals surface area (Å²) in [5, 5.41) is 1.15. The van der Waals surface area contributed by atoms with Crippen molar-refractivity contribution in [1.29, 1.82) is 0 Å². The summed E-state index contributed by atoms with van der Waals surface area (Å²) in [6.45, 7) is 4.40. The SMILES string of the molecule is Cc1cccc2[nH]cc(C(C)OC=O)c12. The van der Waals surface area contributed by atoms with E-state index in [-0.39, 0.29) is 6.10 Å². The van der Waals surface area contributed by atoms with Crippen LogP contribution in [0.15, 0.2) is 24.4 Å². The fraction of sp³-hybridized carbons (Fsp3) is 0.250. The lowest BCUT2D eigenvalue weighted by molar-refractivity contribution is -0.133. The van der Waals surface area contributed by atoms with Crippen LogP contribution in [0.25, 0.3) is 10.9 Å². The number of rotatable bonds is 3. The van der Waals surface area contributed by atoms with Gasteiger partial charge in [-0.15, -0.1) is 0 Å². The van der Waals surface area contributed by atoms with Crippen LogP contribution in [0.3, 0.4) is 0 Å². The van der Waals surface area contributed by atoms with E-state index in [0.29, 0.717) is 6.47 Å². The van der Waals surface area contributed by atoms with Gasteiger partial charge in [-0.3, -0.25) is 4.79 Å². The minimum Gasteiger partial charge on any atom is -0.460 e. The molecule has 3 heteroatoms. The molecule has 0 radical (unpaired) electrons. The number of H-pyrrole nitrogens is 1. The van der Waals surface area contributed by atoms with Crippen LogP contribution >= 0.6 is 0 Å². The number of ether oxygens (including phenoxy) is 1. The number of carbonyl (C=O) groups excluding carboxylic acids is 1. The first-order valence-corrected chi connectivity index (χ1v) is 4.89. The predicted molar refractivity (Wildman–Crippen MR) is 58.6 cm³/mol. The Kier molecular flexibility index (Phi) is 2.46. The highest BCUT2D eigenvalue weighted by Gasteiger charge is 2.12. The summed E-state index contributed by atoms with van der Waals surface area (Å²) < 4.78 is 4.95. The number of carbonyl (C=O) groups is 1. The van der Waals surface area contributed by atoms with E-state index in [0.717, 1.165) is 16.5 Å². The van der Waals surface area contributed by atoms with Crippen LogP contribution in [0.4, 0.5) is 0 Å². The maximum Gasteiger partial charge on any atom is 0.293 e. The lowest BCUT2D eigenvalue weighted by Crippen LogP contribution is -1.97. The molecule has 2 rings (SSSR count). The van der Waals surface area contributed by atoms with Crippen molar-refractivity contribution in [3.63, 3.8) is 0 Å². The zero-order chi connectivity index (χ0) is 10.8. The molecule has 0 amide bonds. The average Bonchev–Trinajstić information content (AvgIpc) is 2.63. The van der Waals surface area contributed by atoms with Gasteiger partial charge < -0.3 is 9.72 Å². The topological polar surface area (TPSA) is 42.1 Å². The van der Waals surface area contributed by atoms with Gasteiger partial charge in [0.1, 0.15) is 6.10 Å². The van der Waals surface area contributed by atoms with Gasteiger partial charge in [-0.25, -0.2) is 0 Å². The molecule has 3 nitrogen and oxygen atoms in total. The Labute approximate surface area is 88.1 Å². The molecule has 1 aromatic carbocycles. The number of hydrogen-bond donors (Lipinski definition) is 1. The number of aromatic nitrogens is 1. The fourth-order valence-corrected chi connectivity index (χ4v) is 1.88. The Hall–Kier alpha value is -1.77. The summed E-state index contributed by atoms with van der Waals surface area (Å²) in [4.78, 5) is 13.5. The predicted octanol–water partition coefficient (Wildman–Crippen LogP) is 2.71. The highest BCUT2D eigenvalue weighted by molar-refractivity contribution is 5.86. The third-order valence-corrected chi connectivity index (χ3v) is 2.64. The van der Waals surface area contributed by atoms with Crippen LogP contribution in [0.1, 0.15) is 24.2 Å². The molecule has 1 unspecified atom stereocenters. The molecule has 1 atom stereocenters. The largest absolute Gasteiger partial charge is 0.460 e. The lowest BCUT2D eigenvalue weighted by Gasteiger charge is -2.08. The van der Waals surface area contributed by atoms with Gasteiger partial charge in [0.15, 0.2) is 0 Å². The van der Waals surface area contributed by atoms with Crippen LogP contribution in [-0.4, -0.2) is 11.5 Å². The molecular formula is C12H13NO2. The van der Waals surface area contributed by atoms with Gasteiger partial charge in [-0.05, 0) is 25.5 Å². The van der Waals surface area contributed by atoms with Gasteiger partial charge >= 0.3 is 0 Å². The molecular weight excluding hydrogens is 190 g/mol. The number of aryl methyl sites for hydroxylation is 1. The monoisotopic (exact) mass is 203 g/mol. The highest BCUT2D eigenvalue weighted by Crippen LogP contribution is 2.28. The highest BCUT2D eigenvalue weighted by atomic mass is 16.5. The number of aromatic amines is 1. The summed E-state index contributed by atoms with van der Waals surface area (Å²) in [6.07, 6.45) is 1.68. The first kappa shape index (κ1) is 9.77. The third-order valence-electron chi connectivity index (χ3n) is 2.64. The van der Waals surface area contributed by atoms with Crippen LogP contribution in [-0.2, 0) is 9.53 Å². The summed E-state index contributed by atoms with van der Waals surface area (Å²) in [5.41, 5.74) is 3.28. The van der Waals surface area contributed by atoms with E-state index in [2.05, 4.69) is 4.98 Å². The van der Waals surface area contributed by atoms with E-state index in [1.165, 1.54) is 5.56 Å². The molecule has 1 aromatic heterocycles. The van der Waals surface area contributed by atoms with Crippen molar-refractivity contribution in [2.24, 2.45) is 0 Å². The van der Waals surface area contributed by atoms with Gasteiger partial charge in [0, 0.05) is 22.7 Å². The Morgan fingerprint density at radius 2 is 2.27 bits per heavy atom.